The van der Waals surface area contributed by atoms with Gasteiger partial charge in [-0.1, -0.05) is 0 Å². The minimum Gasteiger partial charge on any atom is -0.383 e. The topological polar surface area (TPSA) is 122 Å². The van der Waals surface area contributed by atoms with Crippen molar-refractivity contribution in [2.75, 3.05) is 5.73 Å². The highest BCUT2D eigenvalue weighted by Gasteiger charge is 2.26. The summed E-state index contributed by atoms with van der Waals surface area (Å²) in [5, 5.41) is 9.98. The van der Waals surface area contributed by atoms with Crippen LogP contribution in [0.2, 0.25) is 0 Å². The number of pyridine rings is 2. The number of nitrogens with two attached hydrogens (primary N) is 1. The van der Waals surface area contributed by atoms with Crippen LogP contribution in [0, 0.1) is 25.2 Å². The number of hydrogen-bond acceptors (Lipinski definition) is 7. The lowest BCUT2D eigenvalue weighted by atomic mass is 10.1. The first-order valence-electron chi connectivity index (χ1n) is 10.5. The average molecular weight is 438 g/mol. The highest BCUT2D eigenvalue weighted by molar-refractivity contribution is 5.98. The molecule has 1 atom stereocenters. The summed E-state index contributed by atoms with van der Waals surface area (Å²) >= 11 is 0. The van der Waals surface area contributed by atoms with Gasteiger partial charge in [-0.25, -0.2) is 15.0 Å². The van der Waals surface area contributed by atoms with Crippen LogP contribution in [0.3, 0.4) is 0 Å². The smallest absolute Gasteiger partial charge is 0.254 e. The lowest BCUT2D eigenvalue weighted by Crippen LogP contribution is -2.34. The number of aryl methyl sites for hydroxylation is 2. The number of nitrogens with zero attached hydrogens (tertiary/aromatic N) is 6. The number of carbonyl (C=O) groups is 1. The molecule has 0 aliphatic rings. The summed E-state index contributed by atoms with van der Waals surface area (Å²) in [4.78, 5) is 32.9. The third kappa shape index (κ3) is 4.48. The van der Waals surface area contributed by atoms with Gasteiger partial charge < -0.3 is 10.6 Å². The molecule has 1 aromatic carbocycles. The van der Waals surface area contributed by atoms with Gasteiger partial charge in [-0.05, 0) is 68.3 Å². The average Bonchev–Trinajstić information content (AvgIpc) is 2.83. The highest BCUT2D eigenvalue weighted by atomic mass is 16.2. The zero-order valence-corrected chi connectivity index (χ0v) is 18.6. The van der Waals surface area contributed by atoms with Crippen LogP contribution in [0.15, 0.2) is 55.0 Å². The molecule has 0 bridgehead atoms. The third-order valence-corrected chi connectivity index (χ3v) is 5.62. The van der Waals surface area contributed by atoms with Crippen LogP contribution in [0.25, 0.3) is 10.9 Å². The Morgan fingerprint density at radius 1 is 1.12 bits per heavy atom. The van der Waals surface area contributed by atoms with Gasteiger partial charge in [-0.2, -0.15) is 5.26 Å². The Morgan fingerprint density at radius 2 is 1.88 bits per heavy atom. The molecule has 0 radical (unpaired) electrons. The summed E-state index contributed by atoms with van der Waals surface area (Å²) in [7, 11) is 0. The van der Waals surface area contributed by atoms with Crippen molar-refractivity contribution in [2.45, 2.75) is 33.4 Å². The third-order valence-electron chi connectivity index (χ3n) is 5.62. The highest BCUT2D eigenvalue weighted by Crippen LogP contribution is 2.25. The molecular formula is C25H23N7O. The van der Waals surface area contributed by atoms with E-state index in [9.17, 15) is 4.79 Å². The summed E-state index contributed by atoms with van der Waals surface area (Å²) < 4.78 is 0. The molecular weight excluding hydrogens is 414 g/mol. The maximum Gasteiger partial charge on any atom is 0.254 e. The molecule has 164 valence electrons. The van der Waals surface area contributed by atoms with Crippen LogP contribution in [0.1, 0.15) is 51.5 Å². The number of nitriles is 1. The second-order valence-corrected chi connectivity index (χ2v) is 7.91. The van der Waals surface area contributed by atoms with Crippen LogP contribution in [0.4, 0.5) is 5.82 Å². The number of anilines is 1. The molecule has 2 N–H and O–H groups in total. The Bertz CT molecular complexity index is 1380. The summed E-state index contributed by atoms with van der Waals surface area (Å²) in [5.74, 6) is 0.820. The van der Waals surface area contributed by atoms with Crippen LogP contribution < -0.4 is 5.73 Å². The predicted octanol–water partition coefficient (Wildman–Crippen LogP) is 3.89. The number of benzene rings is 1. The summed E-state index contributed by atoms with van der Waals surface area (Å²) in [5.41, 5.74) is 10.0. The van der Waals surface area contributed by atoms with Gasteiger partial charge in [0.1, 0.15) is 17.7 Å². The Labute approximate surface area is 191 Å². The van der Waals surface area contributed by atoms with Crippen molar-refractivity contribution >= 4 is 22.6 Å². The van der Waals surface area contributed by atoms with Gasteiger partial charge in [-0.15, -0.1) is 0 Å². The molecule has 1 unspecified atom stereocenters. The number of rotatable bonds is 5. The lowest BCUT2D eigenvalue weighted by Gasteiger charge is -2.29. The number of amides is 1. The van der Waals surface area contributed by atoms with Gasteiger partial charge in [-0.3, -0.25) is 9.78 Å². The number of fused-ring (bicyclic) bond motifs is 1. The normalized spacial score (nSPS) is 11.7. The van der Waals surface area contributed by atoms with Crippen LogP contribution in [0.5, 0.6) is 0 Å². The van der Waals surface area contributed by atoms with Gasteiger partial charge in [0.05, 0.1) is 29.4 Å². The zero-order chi connectivity index (χ0) is 23.5. The number of aromatic nitrogens is 4. The monoisotopic (exact) mass is 437 g/mol. The fourth-order valence-electron chi connectivity index (χ4n) is 3.64. The van der Waals surface area contributed by atoms with E-state index < -0.39 is 6.04 Å². The molecule has 33 heavy (non-hydrogen) atoms. The van der Waals surface area contributed by atoms with E-state index in [1.807, 2.05) is 32.9 Å². The van der Waals surface area contributed by atoms with Crippen molar-refractivity contribution in [3.8, 4) is 6.07 Å². The maximum absolute atomic E-state index is 13.7. The lowest BCUT2D eigenvalue weighted by molar-refractivity contribution is 0.0663. The Hall–Kier alpha value is -4.38. The van der Waals surface area contributed by atoms with E-state index in [-0.39, 0.29) is 12.5 Å². The standard InChI is InChI=1S/C25H23N7O/c1-15-9-18(12-26)13-30-22(15)14-32(17(3)24-28-7-4-8-29-24)25(33)19-5-6-21-20(11-19)10-16(2)23(27)31-21/h4-11,13,17H,14H2,1-3H3,(H2,27,31). The van der Waals surface area contributed by atoms with Gasteiger partial charge in [0.2, 0.25) is 0 Å². The fraction of sp³-hybridized carbons (Fsp3) is 0.200. The van der Waals surface area contributed by atoms with Crippen LogP contribution >= 0.6 is 0 Å². The van der Waals surface area contributed by atoms with Crippen molar-refractivity contribution in [2.24, 2.45) is 0 Å². The molecule has 0 spiro atoms. The van der Waals surface area contributed by atoms with E-state index in [4.69, 9.17) is 11.0 Å². The van der Waals surface area contributed by atoms with Gasteiger partial charge >= 0.3 is 0 Å². The second-order valence-electron chi connectivity index (χ2n) is 7.91. The molecule has 4 rings (SSSR count). The molecule has 1 amide bonds. The minimum atomic E-state index is -0.405. The zero-order valence-electron chi connectivity index (χ0n) is 18.6. The largest absolute Gasteiger partial charge is 0.383 e. The Balaban J connectivity index is 1.75. The first-order chi connectivity index (χ1) is 15.9. The van der Waals surface area contributed by atoms with Gasteiger partial charge in [0.15, 0.2) is 0 Å². The molecule has 0 saturated heterocycles. The Kier molecular flexibility index (Phi) is 5.96. The number of hydrogen-bond donors (Lipinski definition) is 1. The van der Waals surface area contributed by atoms with Crippen molar-refractivity contribution < 1.29 is 4.79 Å². The van der Waals surface area contributed by atoms with E-state index in [0.29, 0.717) is 28.5 Å². The predicted molar refractivity (Wildman–Crippen MR) is 125 cm³/mol. The summed E-state index contributed by atoms with van der Waals surface area (Å²) in [6.07, 6.45) is 4.83. The summed E-state index contributed by atoms with van der Waals surface area (Å²) in [6, 6.07) is 12.5. The molecule has 0 saturated carbocycles. The first kappa shape index (κ1) is 21.8. The molecule has 8 nitrogen and oxygen atoms in total. The van der Waals surface area contributed by atoms with Crippen molar-refractivity contribution in [3.63, 3.8) is 0 Å². The number of carbonyl (C=O) groups excluding carboxylic acids is 1. The SMILES string of the molecule is Cc1cc2cc(C(=O)N(Cc3ncc(C#N)cc3C)C(C)c3ncccn3)ccc2nc1N. The van der Waals surface area contributed by atoms with Crippen molar-refractivity contribution in [3.05, 3.63) is 88.8 Å². The van der Waals surface area contributed by atoms with Crippen molar-refractivity contribution in [1.82, 2.24) is 24.8 Å². The Morgan fingerprint density at radius 3 is 2.58 bits per heavy atom. The van der Waals surface area contributed by atoms with E-state index in [1.54, 1.807) is 41.6 Å². The van der Waals surface area contributed by atoms with E-state index in [1.165, 1.54) is 6.20 Å². The van der Waals surface area contributed by atoms with Gasteiger partial charge in [0.25, 0.3) is 5.91 Å². The molecule has 0 fully saturated rings. The first-order valence-corrected chi connectivity index (χ1v) is 10.5. The molecule has 8 heteroatoms. The van der Waals surface area contributed by atoms with E-state index in [0.717, 1.165) is 22.0 Å². The second kappa shape index (κ2) is 9.01. The van der Waals surface area contributed by atoms with Crippen molar-refractivity contribution in [1.29, 1.82) is 5.26 Å². The fourth-order valence-corrected chi connectivity index (χ4v) is 3.64. The van der Waals surface area contributed by atoms with Crippen LogP contribution in [-0.2, 0) is 6.54 Å². The maximum atomic E-state index is 13.7. The molecule has 3 heterocycles. The molecule has 0 aliphatic carbocycles. The van der Waals surface area contributed by atoms with Crippen LogP contribution in [-0.4, -0.2) is 30.7 Å². The number of nitrogen functional groups attached to an aromatic ring is 1. The van der Waals surface area contributed by atoms with Gasteiger partial charge in [0, 0.05) is 29.5 Å². The summed E-state index contributed by atoms with van der Waals surface area (Å²) in [6.45, 7) is 5.90. The minimum absolute atomic E-state index is 0.183. The molecule has 3 aromatic heterocycles. The van der Waals surface area contributed by atoms with E-state index >= 15 is 0 Å². The van der Waals surface area contributed by atoms with E-state index in [2.05, 4.69) is 26.0 Å². The molecule has 4 aromatic rings. The molecule has 0 aliphatic heterocycles. The quantitative estimate of drug-likeness (QED) is 0.502.